The Kier molecular flexibility index (Phi) is 1.65. The van der Waals surface area contributed by atoms with Crippen LogP contribution in [0.4, 0.5) is 0 Å². The fourth-order valence-corrected chi connectivity index (χ4v) is 2.37. The molecule has 0 radical (unpaired) electrons. The lowest BCUT2D eigenvalue weighted by Gasteiger charge is -1.88. The molecule has 56 valence electrons. The van der Waals surface area contributed by atoms with Crippen LogP contribution in [-0.2, 0) is 0 Å². The lowest BCUT2D eigenvalue weighted by Crippen LogP contribution is -1.82. The predicted molar refractivity (Wildman–Crippen MR) is 49.9 cm³/mol. The van der Waals surface area contributed by atoms with Gasteiger partial charge in [-0.3, -0.25) is 0 Å². The van der Waals surface area contributed by atoms with E-state index in [4.69, 9.17) is 0 Å². The van der Waals surface area contributed by atoms with Crippen molar-refractivity contribution in [1.82, 2.24) is 9.97 Å². The Hall–Kier alpha value is -0.480. The molecule has 0 unspecified atom stereocenters. The second-order valence-corrected chi connectivity index (χ2v) is 4.64. The molecule has 4 heteroatoms. The van der Waals surface area contributed by atoms with Gasteiger partial charge < -0.3 is 0 Å². The van der Waals surface area contributed by atoms with Crippen LogP contribution in [0.3, 0.4) is 0 Å². The van der Waals surface area contributed by atoms with E-state index in [-0.39, 0.29) is 0 Å². The fraction of sp³-hybridized carbons (Fsp3) is 0.143. The highest BCUT2D eigenvalue weighted by Crippen LogP contribution is 2.27. The van der Waals surface area contributed by atoms with Crippen molar-refractivity contribution >= 4 is 37.5 Å². The molecule has 11 heavy (non-hydrogen) atoms. The van der Waals surface area contributed by atoms with E-state index in [9.17, 15) is 0 Å². The number of hydrogen-bond acceptors (Lipinski definition) is 3. The number of hydrogen-bond donors (Lipinski definition) is 0. The molecular weight excluding hydrogens is 224 g/mol. The minimum absolute atomic E-state index is 0.826. The lowest BCUT2D eigenvalue weighted by molar-refractivity contribution is 1.10. The molecule has 2 rings (SSSR count). The van der Waals surface area contributed by atoms with Crippen molar-refractivity contribution in [3.05, 3.63) is 21.9 Å². The SMILES string of the molecule is Cc1ncc2cc(Br)sc2n1. The van der Waals surface area contributed by atoms with Crippen LogP contribution in [0.5, 0.6) is 0 Å². The summed E-state index contributed by atoms with van der Waals surface area (Å²) in [7, 11) is 0. The Morgan fingerprint density at radius 1 is 1.55 bits per heavy atom. The summed E-state index contributed by atoms with van der Waals surface area (Å²) in [5.74, 6) is 0.826. The molecule has 0 bridgehead atoms. The van der Waals surface area contributed by atoms with Gasteiger partial charge in [-0.25, -0.2) is 9.97 Å². The standard InChI is InChI=1S/C7H5BrN2S/c1-4-9-3-5-2-6(8)11-7(5)10-4/h2-3H,1H3. The van der Waals surface area contributed by atoms with Crippen LogP contribution < -0.4 is 0 Å². The van der Waals surface area contributed by atoms with Gasteiger partial charge in [0, 0.05) is 11.6 Å². The summed E-state index contributed by atoms with van der Waals surface area (Å²) in [6.07, 6.45) is 1.85. The highest BCUT2D eigenvalue weighted by atomic mass is 79.9. The summed E-state index contributed by atoms with van der Waals surface area (Å²) in [5.41, 5.74) is 0. The summed E-state index contributed by atoms with van der Waals surface area (Å²) in [4.78, 5) is 9.41. The molecular formula is C7H5BrN2S. The Bertz CT molecular complexity index is 396. The number of halogens is 1. The number of aryl methyl sites for hydroxylation is 1. The first-order chi connectivity index (χ1) is 5.25. The number of nitrogens with zero attached hydrogens (tertiary/aromatic N) is 2. The lowest BCUT2D eigenvalue weighted by atomic mass is 10.4. The summed E-state index contributed by atoms with van der Waals surface area (Å²) in [6, 6.07) is 2.03. The van der Waals surface area contributed by atoms with Crippen molar-refractivity contribution in [2.45, 2.75) is 6.92 Å². The predicted octanol–water partition coefficient (Wildman–Crippen LogP) is 2.76. The normalized spacial score (nSPS) is 10.7. The molecule has 0 aromatic carbocycles. The molecule has 0 aliphatic carbocycles. The average Bonchev–Trinajstić information content (AvgIpc) is 2.27. The number of fused-ring (bicyclic) bond motifs is 1. The second-order valence-electron chi connectivity index (χ2n) is 2.23. The van der Waals surface area contributed by atoms with E-state index in [1.807, 2.05) is 19.2 Å². The first kappa shape index (κ1) is 7.18. The highest BCUT2D eigenvalue weighted by Gasteiger charge is 2.00. The van der Waals surface area contributed by atoms with Crippen molar-refractivity contribution in [2.24, 2.45) is 0 Å². The largest absolute Gasteiger partial charge is 0.241 e. The van der Waals surface area contributed by atoms with Crippen LogP contribution in [0.15, 0.2) is 16.0 Å². The van der Waals surface area contributed by atoms with Gasteiger partial charge in [0.15, 0.2) is 0 Å². The maximum atomic E-state index is 4.27. The van der Waals surface area contributed by atoms with E-state index in [0.717, 1.165) is 19.8 Å². The third-order valence-electron chi connectivity index (χ3n) is 1.36. The van der Waals surface area contributed by atoms with E-state index >= 15 is 0 Å². The maximum absolute atomic E-state index is 4.27. The van der Waals surface area contributed by atoms with Crippen molar-refractivity contribution in [3.63, 3.8) is 0 Å². The van der Waals surface area contributed by atoms with Crippen molar-refractivity contribution in [3.8, 4) is 0 Å². The molecule has 0 saturated heterocycles. The van der Waals surface area contributed by atoms with Crippen molar-refractivity contribution < 1.29 is 0 Å². The minimum atomic E-state index is 0.826. The van der Waals surface area contributed by atoms with E-state index in [0.29, 0.717) is 0 Å². The molecule has 0 amide bonds. The summed E-state index contributed by atoms with van der Waals surface area (Å²) < 4.78 is 1.10. The maximum Gasteiger partial charge on any atom is 0.128 e. The second kappa shape index (κ2) is 2.53. The van der Waals surface area contributed by atoms with E-state index in [1.54, 1.807) is 11.3 Å². The smallest absolute Gasteiger partial charge is 0.128 e. The first-order valence-corrected chi connectivity index (χ1v) is 4.75. The van der Waals surface area contributed by atoms with Crippen LogP contribution in [0.1, 0.15) is 5.82 Å². The van der Waals surface area contributed by atoms with Crippen molar-refractivity contribution in [2.75, 3.05) is 0 Å². The fourth-order valence-electron chi connectivity index (χ4n) is 0.883. The molecule has 0 atom stereocenters. The van der Waals surface area contributed by atoms with Gasteiger partial charge in [-0.15, -0.1) is 11.3 Å². The van der Waals surface area contributed by atoms with Gasteiger partial charge in [0.2, 0.25) is 0 Å². The summed E-state index contributed by atoms with van der Waals surface area (Å²) >= 11 is 5.03. The average molecular weight is 229 g/mol. The summed E-state index contributed by atoms with van der Waals surface area (Å²) in [5, 5.41) is 1.10. The van der Waals surface area contributed by atoms with E-state index in [1.165, 1.54) is 0 Å². The zero-order valence-electron chi connectivity index (χ0n) is 5.84. The first-order valence-electron chi connectivity index (χ1n) is 3.14. The number of rotatable bonds is 0. The molecule has 2 heterocycles. The highest BCUT2D eigenvalue weighted by molar-refractivity contribution is 9.11. The quantitative estimate of drug-likeness (QED) is 0.694. The van der Waals surface area contributed by atoms with Crippen LogP contribution in [0.25, 0.3) is 10.2 Å². The third-order valence-corrected chi connectivity index (χ3v) is 2.91. The summed E-state index contributed by atoms with van der Waals surface area (Å²) in [6.45, 7) is 1.90. The topological polar surface area (TPSA) is 25.8 Å². The Labute approximate surface area is 76.4 Å². The van der Waals surface area contributed by atoms with Gasteiger partial charge >= 0.3 is 0 Å². The van der Waals surface area contributed by atoms with Gasteiger partial charge in [-0.1, -0.05) is 0 Å². The molecule has 0 spiro atoms. The minimum Gasteiger partial charge on any atom is -0.241 e. The third kappa shape index (κ3) is 1.28. The molecule has 2 aromatic heterocycles. The van der Waals surface area contributed by atoms with Gasteiger partial charge in [0.1, 0.15) is 10.7 Å². The Morgan fingerprint density at radius 3 is 3.18 bits per heavy atom. The molecule has 2 nitrogen and oxygen atoms in total. The molecule has 0 aliphatic rings. The van der Waals surface area contributed by atoms with Crippen molar-refractivity contribution in [1.29, 1.82) is 0 Å². The Morgan fingerprint density at radius 2 is 2.36 bits per heavy atom. The zero-order valence-corrected chi connectivity index (χ0v) is 8.24. The van der Waals surface area contributed by atoms with E-state index in [2.05, 4.69) is 25.9 Å². The number of aromatic nitrogens is 2. The van der Waals surface area contributed by atoms with E-state index < -0.39 is 0 Å². The van der Waals surface area contributed by atoms with Gasteiger partial charge in [0.25, 0.3) is 0 Å². The molecule has 0 saturated carbocycles. The number of thiophene rings is 1. The monoisotopic (exact) mass is 228 g/mol. The van der Waals surface area contributed by atoms with Gasteiger partial charge in [-0.05, 0) is 28.9 Å². The van der Waals surface area contributed by atoms with Crippen LogP contribution >= 0.6 is 27.3 Å². The zero-order chi connectivity index (χ0) is 7.84. The molecule has 0 N–H and O–H groups in total. The molecule has 0 fully saturated rings. The van der Waals surface area contributed by atoms with Gasteiger partial charge in [-0.2, -0.15) is 0 Å². The molecule has 2 aromatic rings. The van der Waals surface area contributed by atoms with Gasteiger partial charge in [0.05, 0.1) is 3.79 Å². The van der Waals surface area contributed by atoms with Crippen LogP contribution in [0, 0.1) is 6.92 Å². The Balaban J connectivity index is 2.82. The van der Waals surface area contributed by atoms with Crippen LogP contribution in [0.2, 0.25) is 0 Å². The van der Waals surface area contributed by atoms with Crippen LogP contribution in [-0.4, -0.2) is 9.97 Å². The molecule has 0 aliphatic heterocycles.